The van der Waals surface area contributed by atoms with E-state index >= 15 is 0 Å². The van der Waals surface area contributed by atoms with Crippen LogP contribution < -0.4 is 11.1 Å². The van der Waals surface area contributed by atoms with Crippen molar-refractivity contribution >= 4 is 17.4 Å². The molecule has 0 saturated carbocycles. The summed E-state index contributed by atoms with van der Waals surface area (Å²) < 4.78 is 1.60. The molecule has 1 fully saturated rings. The number of carbonyl (C=O) groups is 2. The first-order valence-electron chi connectivity index (χ1n) is 12.2. The van der Waals surface area contributed by atoms with Crippen LogP contribution in [0.5, 0.6) is 0 Å². The Labute approximate surface area is 210 Å². The third-order valence-corrected chi connectivity index (χ3v) is 6.90. The summed E-state index contributed by atoms with van der Waals surface area (Å²) in [6.45, 7) is 4.84. The molecule has 2 heterocycles. The molecule has 0 spiro atoms. The average molecular weight is 483 g/mol. The monoisotopic (exact) mass is 482 g/mol. The Balaban J connectivity index is 1.42. The summed E-state index contributed by atoms with van der Waals surface area (Å²) in [5.41, 5.74) is 8.81. The van der Waals surface area contributed by atoms with Crippen LogP contribution in [0.2, 0.25) is 0 Å². The molecule has 3 aromatic rings. The third kappa shape index (κ3) is 4.72. The highest BCUT2D eigenvalue weighted by atomic mass is 16.2. The molecule has 1 aliphatic heterocycles. The summed E-state index contributed by atoms with van der Waals surface area (Å²) in [7, 11) is 0. The van der Waals surface area contributed by atoms with Gasteiger partial charge in [-0.15, -0.1) is 5.10 Å². The van der Waals surface area contributed by atoms with Crippen LogP contribution in [0.4, 0.5) is 0 Å². The summed E-state index contributed by atoms with van der Waals surface area (Å²) in [5.74, 6) is 0.0842. The van der Waals surface area contributed by atoms with Crippen LogP contribution in [0.15, 0.2) is 72.8 Å². The number of hydrogen-bond donors (Lipinski definition) is 2. The van der Waals surface area contributed by atoms with Crippen LogP contribution in [0.1, 0.15) is 34.0 Å². The van der Waals surface area contributed by atoms with Crippen LogP contribution in [0.3, 0.4) is 0 Å². The van der Waals surface area contributed by atoms with Gasteiger partial charge in [-0.05, 0) is 48.6 Å². The first-order chi connectivity index (χ1) is 17.4. The summed E-state index contributed by atoms with van der Waals surface area (Å²) in [6.07, 6.45) is 7.62. The van der Waals surface area contributed by atoms with Gasteiger partial charge >= 0.3 is 0 Å². The van der Waals surface area contributed by atoms with Gasteiger partial charge in [0.1, 0.15) is 5.82 Å². The molecule has 184 valence electrons. The molecular formula is C28H30N6O2. The van der Waals surface area contributed by atoms with Gasteiger partial charge in [-0.3, -0.25) is 9.59 Å². The Morgan fingerprint density at radius 3 is 2.39 bits per heavy atom. The minimum absolute atomic E-state index is 0.00880. The van der Waals surface area contributed by atoms with E-state index in [0.29, 0.717) is 18.7 Å². The van der Waals surface area contributed by atoms with E-state index in [9.17, 15) is 9.59 Å². The number of nitrogens with two attached hydrogens (primary N) is 1. The van der Waals surface area contributed by atoms with Crippen molar-refractivity contribution < 1.29 is 9.59 Å². The van der Waals surface area contributed by atoms with Crippen molar-refractivity contribution in [1.29, 1.82) is 0 Å². The van der Waals surface area contributed by atoms with Crippen molar-refractivity contribution in [2.45, 2.75) is 19.8 Å². The predicted molar refractivity (Wildman–Crippen MR) is 138 cm³/mol. The molecule has 2 aliphatic rings. The minimum atomic E-state index is -0.658. The Kier molecular flexibility index (Phi) is 6.52. The van der Waals surface area contributed by atoms with E-state index in [1.165, 1.54) is 0 Å². The van der Waals surface area contributed by atoms with Crippen molar-refractivity contribution in [3.8, 4) is 5.69 Å². The number of benzene rings is 2. The van der Waals surface area contributed by atoms with Crippen molar-refractivity contribution in [3.05, 3.63) is 95.6 Å². The summed E-state index contributed by atoms with van der Waals surface area (Å²) in [4.78, 5) is 31.4. The van der Waals surface area contributed by atoms with Crippen molar-refractivity contribution in [2.75, 3.05) is 26.2 Å². The Hall–Kier alpha value is -4.04. The molecule has 2 aromatic carbocycles. The normalized spacial score (nSPS) is 19.7. The Bertz CT molecular complexity index is 1320. The topological polar surface area (TPSA) is 106 Å². The maximum atomic E-state index is 13.9. The molecule has 1 aliphatic carbocycles. The van der Waals surface area contributed by atoms with Gasteiger partial charge < -0.3 is 16.0 Å². The number of nitrogens with zero attached hydrogens (tertiary/aromatic N) is 4. The molecule has 36 heavy (non-hydrogen) atoms. The van der Waals surface area contributed by atoms with Gasteiger partial charge in [-0.1, -0.05) is 60.7 Å². The maximum absolute atomic E-state index is 13.9. The lowest BCUT2D eigenvalue weighted by Crippen LogP contribution is -2.52. The van der Waals surface area contributed by atoms with Crippen LogP contribution in [-0.4, -0.2) is 57.7 Å². The highest BCUT2D eigenvalue weighted by Gasteiger charge is 2.40. The first-order valence-corrected chi connectivity index (χ1v) is 12.2. The van der Waals surface area contributed by atoms with Gasteiger partial charge in [0.25, 0.3) is 5.91 Å². The Morgan fingerprint density at radius 1 is 1.06 bits per heavy atom. The highest BCUT2D eigenvalue weighted by Crippen LogP contribution is 2.38. The van der Waals surface area contributed by atoms with E-state index in [0.717, 1.165) is 48.6 Å². The first kappa shape index (κ1) is 23.7. The fourth-order valence-electron chi connectivity index (χ4n) is 4.93. The average Bonchev–Trinajstić information content (AvgIpc) is 3.32. The second-order valence-corrected chi connectivity index (χ2v) is 9.36. The zero-order valence-electron chi connectivity index (χ0n) is 20.4. The molecule has 0 radical (unpaired) electrons. The molecule has 3 N–H and O–H groups in total. The van der Waals surface area contributed by atoms with E-state index in [2.05, 4.69) is 45.8 Å². The number of nitrogens with one attached hydrogen (secondary N) is 1. The minimum Gasteiger partial charge on any atom is -0.363 e. The van der Waals surface area contributed by atoms with Crippen LogP contribution >= 0.6 is 0 Å². The number of amides is 2. The molecule has 2 amide bonds. The number of allylic oxidation sites excluding steroid dienone is 3. The van der Waals surface area contributed by atoms with Crippen molar-refractivity contribution in [1.82, 2.24) is 25.0 Å². The third-order valence-electron chi connectivity index (χ3n) is 6.90. The van der Waals surface area contributed by atoms with Crippen molar-refractivity contribution in [3.63, 3.8) is 0 Å². The number of aryl methyl sites for hydroxylation is 1. The SMILES string of the molecule is Cc1nc(C(N)=O)nn1-c1ccc(CC2(C(=O)N3CCNCC3)C=CC(c3ccccc3)=CC2)cc1. The van der Waals surface area contributed by atoms with E-state index < -0.39 is 11.3 Å². The fraction of sp³-hybridized carbons (Fsp3) is 0.286. The second kappa shape index (κ2) is 9.91. The molecular weight excluding hydrogens is 452 g/mol. The molecule has 1 aromatic heterocycles. The van der Waals surface area contributed by atoms with Gasteiger partial charge in [0.2, 0.25) is 11.7 Å². The molecule has 0 bridgehead atoms. The standard InChI is InChI=1S/C28H30N6O2/c1-20-31-26(25(29)35)32-34(20)24-9-7-21(8-10-24)19-28(27(36)33-17-15-30-16-18-33)13-11-23(12-14-28)22-5-3-2-4-6-22/h2-13,30H,14-19H2,1H3,(H2,29,35). The van der Waals surface area contributed by atoms with Gasteiger partial charge in [-0.25, -0.2) is 9.67 Å². The van der Waals surface area contributed by atoms with Crippen LogP contribution in [0, 0.1) is 12.3 Å². The second-order valence-electron chi connectivity index (χ2n) is 9.36. The lowest BCUT2D eigenvalue weighted by molar-refractivity contribution is -0.140. The quantitative estimate of drug-likeness (QED) is 0.562. The zero-order valence-corrected chi connectivity index (χ0v) is 20.4. The largest absolute Gasteiger partial charge is 0.363 e. The number of hydrogen-bond acceptors (Lipinski definition) is 5. The number of aromatic nitrogens is 3. The van der Waals surface area contributed by atoms with E-state index in [1.54, 1.807) is 11.6 Å². The lowest BCUT2D eigenvalue weighted by Gasteiger charge is -2.38. The Morgan fingerprint density at radius 2 is 1.78 bits per heavy atom. The van der Waals surface area contributed by atoms with E-state index in [4.69, 9.17) is 5.73 Å². The summed E-state index contributed by atoms with van der Waals surface area (Å²) in [6, 6.07) is 18.1. The number of piperazine rings is 1. The lowest BCUT2D eigenvalue weighted by atomic mass is 9.73. The molecule has 1 saturated heterocycles. The summed E-state index contributed by atoms with van der Waals surface area (Å²) >= 11 is 0. The molecule has 8 heteroatoms. The van der Waals surface area contributed by atoms with Crippen LogP contribution in [-0.2, 0) is 11.2 Å². The van der Waals surface area contributed by atoms with E-state index in [-0.39, 0.29) is 11.7 Å². The highest BCUT2D eigenvalue weighted by molar-refractivity contribution is 5.89. The molecule has 1 unspecified atom stereocenters. The van der Waals surface area contributed by atoms with E-state index in [1.807, 2.05) is 47.4 Å². The zero-order chi connectivity index (χ0) is 25.1. The van der Waals surface area contributed by atoms with Gasteiger partial charge in [-0.2, -0.15) is 0 Å². The molecule has 1 atom stereocenters. The smallest absolute Gasteiger partial charge is 0.288 e. The van der Waals surface area contributed by atoms with Crippen LogP contribution in [0.25, 0.3) is 11.3 Å². The van der Waals surface area contributed by atoms with Crippen molar-refractivity contribution in [2.24, 2.45) is 11.1 Å². The molecule has 8 nitrogen and oxygen atoms in total. The number of primary amides is 1. The van der Waals surface area contributed by atoms with Gasteiger partial charge in [0, 0.05) is 26.2 Å². The number of rotatable bonds is 6. The predicted octanol–water partition coefficient (Wildman–Crippen LogP) is 2.68. The maximum Gasteiger partial charge on any atom is 0.288 e. The molecule has 5 rings (SSSR count). The fourth-order valence-corrected chi connectivity index (χ4v) is 4.93. The van der Waals surface area contributed by atoms with Gasteiger partial charge in [0.05, 0.1) is 11.1 Å². The number of carbonyl (C=O) groups excluding carboxylic acids is 2. The summed E-state index contributed by atoms with van der Waals surface area (Å²) in [5, 5.41) is 7.54. The van der Waals surface area contributed by atoms with Gasteiger partial charge in [0.15, 0.2) is 0 Å².